The number of para-hydroxylation sites is 2. The van der Waals surface area contributed by atoms with Gasteiger partial charge in [-0.2, -0.15) is 0 Å². The Bertz CT molecular complexity index is 1330. The van der Waals surface area contributed by atoms with Crippen LogP contribution in [0.15, 0.2) is 77.7 Å². The molecule has 0 aliphatic rings. The second kappa shape index (κ2) is 9.74. The van der Waals surface area contributed by atoms with E-state index < -0.39 is 10.0 Å². The summed E-state index contributed by atoms with van der Waals surface area (Å²) < 4.78 is 33.1. The van der Waals surface area contributed by atoms with Gasteiger partial charge in [0.15, 0.2) is 0 Å². The van der Waals surface area contributed by atoms with Gasteiger partial charge in [0.1, 0.15) is 11.6 Å². The van der Waals surface area contributed by atoms with Crippen LogP contribution < -0.4 is 14.8 Å². The van der Waals surface area contributed by atoms with E-state index in [-0.39, 0.29) is 16.4 Å². The molecule has 0 saturated carbocycles. The monoisotopic (exact) mass is 464 g/mol. The second-order valence-electron chi connectivity index (χ2n) is 7.42. The van der Waals surface area contributed by atoms with Crippen LogP contribution in [-0.4, -0.2) is 37.9 Å². The Labute approximate surface area is 192 Å². The summed E-state index contributed by atoms with van der Waals surface area (Å²) in [5.74, 6) is 1.15. The lowest BCUT2D eigenvalue weighted by atomic mass is 10.2. The maximum atomic E-state index is 12.7. The first-order chi connectivity index (χ1) is 15.9. The first-order valence-electron chi connectivity index (χ1n) is 10.4. The highest BCUT2D eigenvalue weighted by Gasteiger charge is 2.16. The summed E-state index contributed by atoms with van der Waals surface area (Å²) in [4.78, 5) is 20.3. The molecule has 1 amide bonds. The number of carbonyl (C=O) groups excluding carboxylic acids is 1. The van der Waals surface area contributed by atoms with Gasteiger partial charge in [0.25, 0.3) is 15.9 Å². The first-order valence-corrected chi connectivity index (χ1v) is 11.9. The number of anilines is 1. The number of ether oxygens (including phenoxy) is 1. The molecule has 9 heteroatoms. The minimum Gasteiger partial charge on any atom is -0.497 e. The first kappa shape index (κ1) is 22.3. The van der Waals surface area contributed by atoms with Crippen molar-refractivity contribution in [3.8, 4) is 5.75 Å². The fourth-order valence-corrected chi connectivity index (χ4v) is 4.47. The number of nitrogens with one attached hydrogen (secondary N) is 3. The highest BCUT2D eigenvalue weighted by molar-refractivity contribution is 7.92. The van der Waals surface area contributed by atoms with Crippen molar-refractivity contribution in [1.29, 1.82) is 0 Å². The van der Waals surface area contributed by atoms with Crippen molar-refractivity contribution >= 4 is 32.7 Å². The van der Waals surface area contributed by atoms with Gasteiger partial charge >= 0.3 is 0 Å². The number of aryl methyl sites for hydroxylation is 1. The molecule has 0 aliphatic carbocycles. The van der Waals surface area contributed by atoms with Gasteiger partial charge in [-0.25, -0.2) is 13.4 Å². The van der Waals surface area contributed by atoms with Crippen molar-refractivity contribution in [1.82, 2.24) is 15.3 Å². The Morgan fingerprint density at radius 2 is 1.82 bits per heavy atom. The molecule has 0 aliphatic heterocycles. The third kappa shape index (κ3) is 5.50. The Hall–Kier alpha value is -3.85. The van der Waals surface area contributed by atoms with Gasteiger partial charge in [-0.05, 0) is 61.0 Å². The highest BCUT2D eigenvalue weighted by atomic mass is 32.2. The van der Waals surface area contributed by atoms with E-state index in [2.05, 4.69) is 20.0 Å². The van der Waals surface area contributed by atoms with Crippen LogP contribution in [0.4, 0.5) is 5.69 Å². The van der Waals surface area contributed by atoms with Gasteiger partial charge in [-0.1, -0.05) is 18.2 Å². The van der Waals surface area contributed by atoms with Crippen molar-refractivity contribution < 1.29 is 17.9 Å². The number of carbonyl (C=O) groups is 1. The van der Waals surface area contributed by atoms with Crippen LogP contribution in [0.5, 0.6) is 5.75 Å². The lowest BCUT2D eigenvalue weighted by Crippen LogP contribution is -2.25. The zero-order chi connectivity index (χ0) is 23.3. The Balaban J connectivity index is 1.34. The molecular weight excluding hydrogens is 440 g/mol. The molecule has 0 unspecified atom stereocenters. The number of rotatable bonds is 9. The van der Waals surface area contributed by atoms with Crippen LogP contribution in [0, 0.1) is 0 Å². The molecule has 0 atom stereocenters. The summed E-state index contributed by atoms with van der Waals surface area (Å²) in [6.07, 6.45) is 1.39. The van der Waals surface area contributed by atoms with Crippen molar-refractivity contribution in [2.45, 2.75) is 17.7 Å². The van der Waals surface area contributed by atoms with Crippen LogP contribution in [0.3, 0.4) is 0 Å². The van der Waals surface area contributed by atoms with Crippen molar-refractivity contribution in [2.24, 2.45) is 0 Å². The molecule has 0 bridgehead atoms. The van der Waals surface area contributed by atoms with E-state index in [0.29, 0.717) is 30.8 Å². The van der Waals surface area contributed by atoms with Gasteiger partial charge in [-0.3, -0.25) is 9.52 Å². The van der Waals surface area contributed by atoms with E-state index in [0.717, 1.165) is 16.9 Å². The van der Waals surface area contributed by atoms with Gasteiger partial charge in [0.2, 0.25) is 0 Å². The number of methoxy groups -OCH3 is 1. The molecular formula is C24H24N4O4S. The molecule has 0 radical (unpaired) electrons. The number of amides is 1. The minimum atomic E-state index is -3.85. The number of aromatic nitrogens is 2. The van der Waals surface area contributed by atoms with Crippen LogP contribution in [-0.2, 0) is 16.4 Å². The average molecular weight is 465 g/mol. The molecule has 170 valence electrons. The average Bonchev–Trinajstić information content (AvgIpc) is 3.25. The zero-order valence-corrected chi connectivity index (χ0v) is 18.9. The van der Waals surface area contributed by atoms with E-state index in [1.807, 2.05) is 24.3 Å². The van der Waals surface area contributed by atoms with Crippen LogP contribution in [0.2, 0.25) is 0 Å². The predicted octanol–water partition coefficient (Wildman–Crippen LogP) is 3.73. The minimum absolute atomic E-state index is 0.00763. The molecule has 0 spiro atoms. The number of sulfonamides is 1. The molecule has 3 aromatic carbocycles. The number of hydrogen-bond donors (Lipinski definition) is 3. The molecule has 0 fully saturated rings. The third-order valence-electron chi connectivity index (χ3n) is 5.06. The molecule has 1 aromatic heterocycles. The molecule has 4 rings (SSSR count). The van der Waals surface area contributed by atoms with Gasteiger partial charge < -0.3 is 15.0 Å². The number of H-pyrrole nitrogens is 1. The summed E-state index contributed by atoms with van der Waals surface area (Å²) in [5.41, 5.74) is 2.57. The zero-order valence-electron chi connectivity index (χ0n) is 18.0. The number of aromatic amines is 1. The topological polar surface area (TPSA) is 113 Å². The lowest BCUT2D eigenvalue weighted by Gasteiger charge is -2.10. The number of benzene rings is 3. The van der Waals surface area contributed by atoms with Crippen LogP contribution in [0.1, 0.15) is 22.6 Å². The number of fused-ring (bicyclic) bond motifs is 1. The molecule has 3 N–H and O–H groups in total. The lowest BCUT2D eigenvalue weighted by molar-refractivity contribution is 0.0953. The normalized spacial score (nSPS) is 11.3. The number of nitrogens with zero attached hydrogens (tertiary/aromatic N) is 1. The van der Waals surface area contributed by atoms with Crippen molar-refractivity contribution in [2.75, 3.05) is 18.4 Å². The van der Waals surface area contributed by atoms with Gasteiger partial charge in [-0.15, -0.1) is 0 Å². The molecule has 33 heavy (non-hydrogen) atoms. The van der Waals surface area contributed by atoms with E-state index in [1.165, 1.54) is 19.2 Å². The van der Waals surface area contributed by atoms with Crippen LogP contribution >= 0.6 is 0 Å². The van der Waals surface area contributed by atoms with Gasteiger partial charge in [0, 0.05) is 24.2 Å². The Morgan fingerprint density at radius 1 is 1.03 bits per heavy atom. The van der Waals surface area contributed by atoms with Crippen molar-refractivity contribution in [3.05, 3.63) is 84.2 Å². The SMILES string of the molecule is COc1ccc(NS(=O)(=O)c2cccc(C(=O)NCCCc3nc4ccccc4[nH]3)c2)cc1. The fourth-order valence-electron chi connectivity index (χ4n) is 3.36. The third-order valence-corrected chi connectivity index (χ3v) is 6.44. The van der Waals surface area contributed by atoms with Crippen LogP contribution in [0.25, 0.3) is 11.0 Å². The summed E-state index contributed by atoms with van der Waals surface area (Å²) >= 11 is 0. The van der Waals surface area contributed by atoms with Crippen molar-refractivity contribution in [3.63, 3.8) is 0 Å². The maximum Gasteiger partial charge on any atom is 0.261 e. The van der Waals surface area contributed by atoms with Gasteiger partial charge in [0.05, 0.1) is 23.0 Å². The second-order valence-corrected chi connectivity index (χ2v) is 9.10. The maximum absolute atomic E-state index is 12.7. The standard InChI is InChI=1S/C24H24N4O4S/c1-32-19-13-11-18(12-14-19)28-33(30,31)20-7-4-6-17(16-20)24(29)25-15-5-10-23-26-21-8-2-3-9-22(21)27-23/h2-4,6-9,11-14,16,28H,5,10,15H2,1H3,(H,25,29)(H,26,27). The quantitative estimate of drug-likeness (QED) is 0.327. The fraction of sp³-hybridized carbons (Fsp3) is 0.167. The molecule has 0 saturated heterocycles. The summed E-state index contributed by atoms with van der Waals surface area (Å²) in [6.45, 7) is 0.441. The molecule has 8 nitrogen and oxygen atoms in total. The van der Waals surface area contributed by atoms with E-state index in [1.54, 1.807) is 36.4 Å². The molecule has 4 aromatic rings. The summed E-state index contributed by atoms with van der Waals surface area (Å²) in [7, 11) is -2.31. The molecule has 1 heterocycles. The largest absolute Gasteiger partial charge is 0.497 e. The highest BCUT2D eigenvalue weighted by Crippen LogP contribution is 2.20. The van der Waals surface area contributed by atoms with E-state index in [9.17, 15) is 13.2 Å². The summed E-state index contributed by atoms with van der Waals surface area (Å²) in [5, 5.41) is 2.83. The number of imidazole rings is 1. The summed E-state index contributed by atoms with van der Waals surface area (Å²) in [6, 6.07) is 20.3. The predicted molar refractivity (Wildman–Crippen MR) is 127 cm³/mol. The Kier molecular flexibility index (Phi) is 6.60. The Morgan fingerprint density at radius 3 is 2.58 bits per heavy atom. The number of hydrogen-bond acceptors (Lipinski definition) is 5. The van der Waals surface area contributed by atoms with E-state index >= 15 is 0 Å². The smallest absolute Gasteiger partial charge is 0.261 e. The van der Waals surface area contributed by atoms with E-state index in [4.69, 9.17) is 4.74 Å².